The molecule has 1 aliphatic heterocycles. The topological polar surface area (TPSA) is 19.6 Å². The summed E-state index contributed by atoms with van der Waals surface area (Å²) in [5.74, 6) is 0. The SMILES string of the molecule is c1ccc(-c2ccccc2-c2ccccc2N(c2ccc3c(c2)C2(c4ccccc4-3)c3ccccc3N(c3ccccc3)c3ccccc32)c2ccccc2-c2cccc3c2oc2ccccc23)cc1. The van der Waals surface area contributed by atoms with E-state index in [1.807, 2.05) is 6.07 Å². The van der Waals surface area contributed by atoms with Gasteiger partial charge in [-0.2, -0.15) is 0 Å². The minimum Gasteiger partial charge on any atom is -0.455 e. The molecular weight excluding hydrogens is 849 g/mol. The lowest BCUT2D eigenvalue weighted by Crippen LogP contribution is -2.36. The Morgan fingerprint density at radius 1 is 0.329 bits per heavy atom. The normalized spacial score (nSPS) is 12.9. The van der Waals surface area contributed by atoms with Crippen molar-refractivity contribution in [3.8, 4) is 44.5 Å². The first kappa shape index (κ1) is 39.9. The molecule has 11 aromatic carbocycles. The van der Waals surface area contributed by atoms with Crippen molar-refractivity contribution in [1.29, 1.82) is 0 Å². The third-order valence-electron chi connectivity index (χ3n) is 14.7. The van der Waals surface area contributed by atoms with Gasteiger partial charge >= 0.3 is 0 Å². The molecule has 12 aromatic rings. The fraction of sp³-hybridized carbons (Fsp3) is 0.0149. The molecule has 0 saturated carbocycles. The third kappa shape index (κ3) is 5.88. The average molecular weight is 893 g/mol. The van der Waals surface area contributed by atoms with Crippen molar-refractivity contribution in [2.45, 2.75) is 5.41 Å². The summed E-state index contributed by atoms with van der Waals surface area (Å²) in [5, 5.41) is 2.21. The molecule has 0 N–H and O–H groups in total. The first-order chi connectivity index (χ1) is 34.8. The van der Waals surface area contributed by atoms with Crippen LogP contribution in [0.1, 0.15) is 22.3 Å². The van der Waals surface area contributed by atoms with Crippen LogP contribution in [0.5, 0.6) is 0 Å². The highest BCUT2D eigenvalue weighted by molar-refractivity contribution is 6.11. The first-order valence-corrected chi connectivity index (χ1v) is 24.1. The van der Waals surface area contributed by atoms with E-state index in [0.29, 0.717) is 0 Å². The van der Waals surface area contributed by atoms with Gasteiger partial charge in [0.25, 0.3) is 0 Å². The summed E-state index contributed by atoms with van der Waals surface area (Å²) >= 11 is 0. The maximum absolute atomic E-state index is 6.80. The standard InChI is InChI=1S/C67H44N2O/c1-3-22-45(23-4-1)48-26-7-8-27-49(48)52-29-10-16-37-61(52)69(62-38-17-11-30-53(62)55-32-21-33-56-54-31-12-20-41-65(54)70-66(55)56)47-42-43-51-50-28-9-13-34-57(50)67(60(51)44-47)58-35-14-18-39-63(58)68(46-24-5-2-6-25-46)64-40-19-15-36-59(64)67/h1-44H. The van der Waals surface area contributed by atoms with Gasteiger partial charge in [0.2, 0.25) is 0 Å². The van der Waals surface area contributed by atoms with E-state index in [4.69, 9.17) is 4.42 Å². The van der Waals surface area contributed by atoms with Gasteiger partial charge in [-0.3, -0.25) is 0 Å². The number of benzene rings is 11. The van der Waals surface area contributed by atoms with E-state index in [2.05, 4.69) is 271 Å². The van der Waals surface area contributed by atoms with Gasteiger partial charge < -0.3 is 14.2 Å². The summed E-state index contributed by atoms with van der Waals surface area (Å²) in [7, 11) is 0. The molecule has 0 radical (unpaired) electrons. The molecule has 2 heterocycles. The molecule has 328 valence electrons. The van der Waals surface area contributed by atoms with Gasteiger partial charge in [-0.25, -0.2) is 0 Å². The van der Waals surface area contributed by atoms with Gasteiger partial charge in [0.15, 0.2) is 0 Å². The summed E-state index contributed by atoms with van der Waals surface area (Å²) in [4.78, 5) is 4.95. The summed E-state index contributed by atoms with van der Waals surface area (Å²) in [6.45, 7) is 0. The molecule has 2 aliphatic rings. The molecule has 1 spiro atoms. The van der Waals surface area contributed by atoms with E-state index in [9.17, 15) is 0 Å². The van der Waals surface area contributed by atoms with Crippen LogP contribution in [0.15, 0.2) is 271 Å². The highest BCUT2D eigenvalue weighted by Crippen LogP contribution is 2.64. The molecule has 0 amide bonds. The first-order valence-electron chi connectivity index (χ1n) is 24.1. The van der Waals surface area contributed by atoms with Gasteiger partial charge in [-0.15, -0.1) is 0 Å². The zero-order valence-corrected chi connectivity index (χ0v) is 38.2. The zero-order chi connectivity index (χ0) is 46.2. The van der Waals surface area contributed by atoms with E-state index in [1.165, 1.54) is 55.9 Å². The number of anilines is 6. The van der Waals surface area contributed by atoms with Crippen LogP contribution in [0, 0.1) is 0 Å². The Balaban J connectivity index is 1.07. The third-order valence-corrected chi connectivity index (χ3v) is 14.7. The number of fused-ring (bicyclic) bond motifs is 12. The Morgan fingerprint density at radius 2 is 0.829 bits per heavy atom. The summed E-state index contributed by atoms with van der Waals surface area (Å²) in [6, 6.07) is 97.4. The summed E-state index contributed by atoms with van der Waals surface area (Å²) < 4.78 is 6.80. The molecular formula is C67H44N2O. The Morgan fingerprint density at radius 3 is 1.54 bits per heavy atom. The molecule has 1 aromatic heterocycles. The van der Waals surface area contributed by atoms with Gasteiger partial charge in [-0.05, 0) is 105 Å². The Hall–Kier alpha value is -9.18. The molecule has 1 aliphatic carbocycles. The molecule has 0 saturated heterocycles. The van der Waals surface area contributed by atoms with E-state index in [1.54, 1.807) is 0 Å². The van der Waals surface area contributed by atoms with Crippen LogP contribution in [-0.4, -0.2) is 0 Å². The van der Waals surface area contributed by atoms with Crippen LogP contribution in [-0.2, 0) is 5.41 Å². The lowest BCUT2D eigenvalue weighted by molar-refractivity contribution is 0.670. The highest BCUT2D eigenvalue weighted by atomic mass is 16.3. The molecule has 3 heteroatoms. The smallest absolute Gasteiger partial charge is 0.143 e. The second-order valence-electron chi connectivity index (χ2n) is 18.3. The predicted molar refractivity (Wildman–Crippen MR) is 290 cm³/mol. The molecule has 70 heavy (non-hydrogen) atoms. The van der Waals surface area contributed by atoms with Crippen LogP contribution in [0.2, 0.25) is 0 Å². The van der Waals surface area contributed by atoms with Crippen LogP contribution >= 0.6 is 0 Å². The fourth-order valence-corrected chi connectivity index (χ4v) is 11.8. The van der Waals surface area contributed by atoms with Gasteiger partial charge in [0.1, 0.15) is 11.2 Å². The van der Waals surface area contributed by atoms with Crippen LogP contribution in [0.3, 0.4) is 0 Å². The molecule has 0 fully saturated rings. The fourth-order valence-electron chi connectivity index (χ4n) is 11.8. The predicted octanol–water partition coefficient (Wildman–Crippen LogP) is 18.2. The number of nitrogens with zero attached hydrogens (tertiary/aromatic N) is 2. The van der Waals surface area contributed by atoms with Gasteiger partial charge in [0.05, 0.1) is 28.2 Å². The van der Waals surface area contributed by atoms with Crippen molar-refractivity contribution >= 4 is 56.1 Å². The maximum Gasteiger partial charge on any atom is 0.143 e. The number of rotatable bonds is 7. The van der Waals surface area contributed by atoms with Crippen LogP contribution in [0.4, 0.5) is 34.1 Å². The number of furan rings is 1. The van der Waals surface area contributed by atoms with Crippen molar-refractivity contribution in [2.24, 2.45) is 0 Å². The second-order valence-corrected chi connectivity index (χ2v) is 18.3. The lowest BCUT2D eigenvalue weighted by atomic mass is 9.64. The van der Waals surface area contributed by atoms with Crippen LogP contribution in [0.25, 0.3) is 66.4 Å². The summed E-state index contributed by atoms with van der Waals surface area (Å²) in [6.07, 6.45) is 0. The Kier molecular flexibility index (Phi) is 9.11. The number of hydrogen-bond donors (Lipinski definition) is 0. The second kappa shape index (κ2) is 16.0. The van der Waals surface area contributed by atoms with E-state index < -0.39 is 5.41 Å². The Bertz CT molecular complexity index is 3930. The van der Waals surface area contributed by atoms with E-state index in [0.717, 1.165) is 66.9 Å². The lowest BCUT2D eigenvalue weighted by Gasteiger charge is -2.45. The average Bonchev–Trinajstić information content (AvgIpc) is 3.96. The largest absolute Gasteiger partial charge is 0.455 e. The molecule has 0 unspecified atom stereocenters. The molecule has 14 rings (SSSR count). The Labute approximate surface area is 407 Å². The summed E-state index contributed by atoms with van der Waals surface area (Å²) in [5.41, 5.74) is 22.0. The van der Waals surface area contributed by atoms with E-state index >= 15 is 0 Å². The van der Waals surface area contributed by atoms with E-state index in [-0.39, 0.29) is 0 Å². The van der Waals surface area contributed by atoms with Crippen molar-refractivity contribution in [3.63, 3.8) is 0 Å². The number of para-hydroxylation sites is 7. The van der Waals surface area contributed by atoms with Gasteiger partial charge in [0, 0.05) is 38.8 Å². The van der Waals surface area contributed by atoms with Crippen molar-refractivity contribution in [2.75, 3.05) is 9.80 Å². The van der Waals surface area contributed by atoms with Crippen molar-refractivity contribution < 1.29 is 4.42 Å². The minimum atomic E-state index is -0.634. The van der Waals surface area contributed by atoms with Crippen molar-refractivity contribution in [3.05, 3.63) is 289 Å². The minimum absolute atomic E-state index is 0.634. The number of hydrogen-bond acceptors (Lipinski definition) is 3. The van der Waals surface area contributed by atoms with Gasteiger partial charge in [-0.1, -0.05) is 212 Å². The highest BCUT2D eigenvalue weighted by Gasteiger charge is 2.52. The molecule has 3 nitrogen and oxygen atoms in total. The van der Waals surface area contributed by atoms with Crippen LogP contribution < -0.4 is 9.80 Å². The monoisotopic (exact) mass is 892 g/mol. The molecule has 0 atom stereocenters. The zero-order valence-electron chi connectivity index (χ0n) is 38.2. The quantitative estimate of drug-likeness (QED) is 0.159. The molecule has 0 bridgehead atoms. The van der Waals surface area contributed by atoms with Crippen molar-refractivity contribution in [1.82, 2.24) is 0 Å². The maximum atomic E-state index is 6.80.